The molecular weight excluding hydrogens is 382 g/mol. The largest absolute Gasteiger partial charge is 0.492 e. The standard InChI is InChI=1S/C19H23N3O3S2/c1-4-22-18(24)17-14(10-12(3)27-17)21-19(22)26-11-16(23)20-13-8-6-7-9-15(13)25-5-2/h6-9,12H,4-5,10-11H2,1-3H3,(H,20,23)/t12-/m0/s1. The van der Waals surface area contributed by atoms with Gasteiger partial charge in [-0.1, -0.05) is 30.8 Å². The number of rotatable bonds is 7. The van der Waals surface area contributed by atoms with Crippen LogP contribution in [0.2, 0.25) is 0 Å². The number of hydrogen-bond acceptors (Lipinski definition) is 6. The summed E-state index contributed by atoms with van der Waals surface area (Å²) < 4.78 is 7.18. The number of fused-ring (bicyclic) bond motifs is 1. The molecule has 6 nitrogen and oxygen atoms in total. The van der Waals surface area contributed by atoms with Crippen LogP contribution < -0.4 is 15.6 Å². The zero-order valence-corrected chi connectivity index (χ0v) is 17.3. The molecule has 0 unspecified atom stereocenters. The zero-order chi connectivity index (χ0) is 19.4. The van der Waals surface area contributed by atoms with Crippen molar-refractivity contribution >= 4 is 35.1 Å². The van der Waals surface area contributed by atoms with Crippen LogP contribution >= 0.6 is 23.5 Å². The van der Waals surface area contributed by atoms with Gasteiger partial charge in [0, 0.05) is 18.2 Å². The Hall–Kier alpha value is -1.93. The Morgan fingerprint density at radius 2 is 2.19 bits per heavy atom. The minimum absolute atomic E-state index is 0.00134. The molecule has 1 amide bonds. The first kappa shape index (κ1) is 19.8. The van der Waals surface area contributed by atoms with Gasteiger partial charge >= 0.3 is 0 Å². The predicted molar refractivity (Wildman–Crippen MR) is 110 cm³/mol. The molecule has 27 heavy (non-hydrogen) atoms. The summed E-state index contributed by atoms with van der Waals surface area (Å²) in [5.74, 6) is 0.659. The van der Waals surface area contributed by atoms with Crippen LogP contribution in [0.15, 0.2) is 39.1 Å². The van der Waals surface area contributed by atoms with Gasteiger partial charge in [0.05, 0.1) is 28.6 Å². The van der Waals surface area contributed by atoms with Gasteiger partial charge in [-0.25, -0.2) is 4.98 Å². The van der Waals surface area contributed by atoms with Gasteiger partial charge in [-0.3, -0.25) is 14.2 Å². The summed E-state index contributed by atoms with van der Waals surface area (Å²) in [5, 5.41) is 3.84. The number of aromatic nitrogens is 2. The SMILES string of the molecule is CCOc1ccccc1NC(=O)CSc1nc2c(c(=O)n1CC)S[C@@H](C)C2. The second-order valence-corrected chi connectivity index (χ2v) is 8.51. The van der Waals surface area contributed by atoms with Crippen molar-refractivity contribution in [1.82, 2.24) is 9.55 Å². The number of hydrogen-bond donors (Lipinski definition) is 1. The van der Waals surface area contributed by atoms with Gasteiger partial charge in [-0.15, -0.1) is 11.8 Å². The Morgan fingerprint density at radius 1 is 1.41 bits per heavy atom. The molecule has 0 bridgehead atoms. The summed E-state index contributed by atoms with van der Waals surface area (Å²) in [4.78, 5) is 30.5. The number of benzene rings is 1. The van der Waals surface area contributed by atoms with Crippen LogP contribution in [0, 0.1) is 0 Å². The van der Waals surface area contributed by atoms with Gasteiger partial charge in [0.25, 0.3) is 5.56 Å². The molecule has 0 spiro atoms. The van der Waals surface area contributed by atoms with Crippen LogP contribution in [-0.2, 0) is 17.8 Å². The molecule has 8 heteroatoms. The third-order valence-electron chi connectivity index (χ3n) is 4.07. The van der Waals surface area contributed by atoms with E-state index in [1.165, 1.54) is 11.8 Å². The smallest absolute Gasteiger partial charge is 0.268 e. The number of nitrogens with one attached hydrogen (secondary N) is 1. The van der Waals surface area contributed by atoms with Crippen LogP contribution in [0.1, 0.15) is 26.5 Å². The molecule has 0 radical (unpaired) electrons. The zero-order valence-electron chi connectivity index (χ0n) is 15.7. The Kier molecular flexibility index (Phi) is 6.49. The highest BCUT2D eigenvalue weighted by Crippen LogP contribution is 2.34. The number of amides is 1. The van der Waals surface area contributed by atoms with E-state index in [9.17, 15) is 9.59 Å². The summed E-state index contributed by atoms with van der Waals surface area (Å²) in [6, 6.07) is 7.34. The molecule has 0 saturated carbocycles. The van der Waals surface area contributed by atoms with E-state index in [1.807, 2.05) is 38.1 Å². The molecule has 2 heterocycles. The Morgan fingerprint density at radius 3 is 2.93 bits per heavy atom. The summed E-state index contributed by atoms with van der Waals surface area (Å²) >= 11 is 2.88. The highest BCUT2D eigenvalue weighted by molar-refractivity contribution is 8.00. The number of nitrogens with zero attached hydrogens (tertiary/aromatic N) is 2. The minimum atomic E-state index is -0.160. The first-order valence-corrected chi connectivity index (χ1v) is 10.8. The maximum atomic E-state index is 12.7. The van der Waals surface area contributed by atoms with Crippen LogP contribution in [-0.4, -0.2) is 33.1 Å². The van der Waals surface area contributed by atoms with Gasteiger partial charge in [0.1, 0.15) is 5.75 Å². The molecule has 1 aliphatic rings. The van der Waals surface area contributed by atoms with Crippen molar-refractivity contribution in [3.8, 4) is 5.75 Å². The maximum Gasteiger partial charge on any atom is 0.268 e. The summed E-state index contributed by atoms with van der Waals surface area (Å²) in [6.07, 6.45) is 0.793. The fraction of sp³-hybridized carbons (Fsp3) is 0.421. The maximum absolute atomic E-state index is 12.7. The first-order chi connectivity index (χ1) is 13.0. The number of ether oxygens (including phenoxy) is 1. The van der Waals surface area contributed by atoms with E-state index in [4.69, 9.17) is 4.74 Å². The highest BCUT2D eigenvalue weighted by atomic mass is 32.2. The van der Waals surface area contributed by atoms with Crippen molar-refractivity contribution in [1.29, 1.82) is 0 Å². The molecule has 1 atom stereocenters. The number of para-hydroxylation sites is 2. The van der Waals surface area contributed by atoms with Crippen molar-refractivity contribution in [2.75, 3.05) is 17.7 Å². The number of anilines is 1. The van der Waals surface area contributed by atoms with Crippen molar-refractivity contribution in [2.45, 2.75) is 49.0 Å². The molecule has 0 aliphatic carbocycles. The monoisotopic (exact) mass is 405 g/mol. The van der Waals surface area contributed by atoms with E-state index in [2.05, 4.69) is 17.2 Å². The Bertz CT molecular complexity index is 898. The second kappa shape index (κ2) is 8.84. The van der Waals surface area contributed by atoms with Crippen molar-refractivity contribution in [3.05, 3.63) is 40.3 Å². The van der Waals surface area contributed by atoms with E-state index in [-0.39, 0.29) is 17.2 Å². The summed E-state index contributed by atoms with van der Waals surface area (Å²) in [5.41, 5.74) is 1.50. The normalized spacial score (nSPS) is 15.4. The van der Waals surface area contributed by atoms with Gasteiger partial charge in [-0.2, -0.15) is 0 Å². The third kappa shape index (κ3) is 4.50. The van der Waals surface area contributed by atoms with E-state index in [0.29, 0.717) is 35.0 Å². The molecule has 0 fully saturated rings. The molecule has 1 N–H and O–H groups in total. The van der Waals surface area contributed by atoms with Crippen LogP contribution in [0.5, 0.6) is 5.75 Å². The lowest BCUT2D eigenvalue weighted by atomic mass is 10.2. The van der Waals surface area contributed by atoms with Gasteiger partial charge in [0.2, 0.25) is 5.91 Å². The van der Waals surface area contributed by atoms with Crippen LogP contribution in [0.3, 0.4) is 0 Å². The van der Waals surface area contributed by atoms with Crippen LogP contribution in [0.4, 0.5) is 5.69 Å². The van der Waals surface area contributed by atoms with Crippen molar-refractivity contribution in [3.63, 3.8) is 0 Å². The average molecular weight is 406 g/mol. The Labute approximate surface area is 167 Å². The molecule has 1 aliphatic heterocycles. The lowest BCUT2D eigenvalue weighted by Gasteiger charge is -2.13. The van der Waals surface area contributed by atoms with Gasteiger partial charge in [-0.05, 0) is 26.0 Å². The first-order valence-electron chi connectivity index (χ1n) is 8.98. The van der Waals surface area contributed by atoms with Gasteiger partial charge < -0.3 is 10.1 Å². The average Bonchev–Trinajstić information content (AvgIpc) is 3.02. The Balaban J connectivity index is 1.72. The van der Waals surface area contributed by atoms with E-state index in [1.54, 1.807) is 16.3 Å². The lowest BCUT2D eigenvalue weighted by molar-refractivity contribution is -0.113. The number of carbonyl (C=O) groups is 1. The summed E-state index contributed by atoms with van der Waals surface area (Å²) in [6.45, 7) is 6.97. The number of carbonyl (C=O) groups excluding carboxylic acids is 1. The van der Waals surface area contributed by atoms with E-state index < -0.39 is 0 Å². The lowest BCUT2D eigenvalue weighted by Crippen LogP contribution is -2.25. The number of thioether (sulfide) groups is 2. The minimum Gasteiger partial charge on any atom is -0.492 e. The molecule has 1 aromatic heterocycles. The van der Waals surface area contributed by atoms with E-state index >= 15 is 0 Å². The van der Waals surface area contributed by atoms with Crippen molar-refractivity contribution < 1.29 is 9.53 Å². The quantitative estimate of drug-likeness (QED) is 0.562. The molecule has 0 saturated heterocycles. The highest BCUT2D eigenvalue weighted by Gasteiger charge is 2.26. The molecule has 144 valence electrons. The molecular formula is C19H23N3O3S2. The molecule has 3 rings (SSSR count). The van der Waals surface area contributed by atoms with E-state index in [0.717, 1.165) is 17.0 Å². The van der Waals surface area contributed by atoms with Gasteiger partial charge in [0.15, 0.2) is 5.16 Å². The van der Waals surface area contributed by atoms with Crippen molar-refractivity contribution in [2.24, 2.45) is 0 Å². The molecule has 1 aromatic carbocycles. The van der Waals surface area contributed by atoms with Crippen LogP contribution in [0.25, 0.3) is 0 Å². The fourth-order valence-electron chi connectivity index (χ4n) is 2.89. The third-order valence-corrected chi connectivity index (χ3v) is 6.26. The summed E-state index contributed by atoms with van der Waals surface area (Å²) in [7, 11) is 0. The topological polar surface area (TPSA) is 73.2 Å². The fourth-order valence-corrected chi connectivity index (χ4v) is 4.88. The molecule has 2 aromatic rings. The second-order valence-electron chi connectivity index (χ2n) is 6.12. The predicted octanol–water partition coefficient (Wildman–Crippen LogP) is 3.43.